The summed E-state index contributed by atoms with van der Waals surface area (Å²) in [7, 11) is 0. The zero-order chi connectivity index (χ0) is 20.7. The Labute approximate surface area is 175 Å². The van der Waals surface area contributed by atoms with Crippen LogP contribution in [0.5, 0.6) is 0 Å². The molecule has 152 valence electrons. The highest BCUT2D eigenvalue weighted by atomic mass is 16.1. The van der Waals surface area contributed by atoms with Gasteiger partial charge in [-0.05, 0) is 43.0 Å². The standard InChI is InChI=1S/C24H25N5O/c1-2-15-9-3-8-14-19(15)29-22(25)20(24(30)26-16-10-4-5-11-16)21-23(29)28-18-13-7-6-12-17(18)27-21/h3,6-9,12-14,16H,2,4-5,10-11,25H2,1H3,(H,26,30). The summed E-state index contributed by atoms with van der Waals surface area (Å²) in [6.45, 7) is 2.11. The average Bonchev–Trinajstić information content (AvgIpc) is 3.37. The molecule has 1 aliphatic rings. The van der Waals surface area contributed by atoms with Crippen LogP contribution >= 0.6 is 0 Å². The molecular weight excluding hydrogens is 374 g/mol. The Bertz CT molecular complexity index is 1250. The van der Waals surface area contributed by atoms with Crippen molar-refractivity contribution in [2.75, 3.05) is 5.73 Å². The number of carbonyl (C=O) groups excluding carboxylic acids is 1. The highest BCUT2D eigenvalue weighted by Gasteiger charge is 2.27. The van der Waals surface area contributed by atoms with Gasteiger partial charge in [0.1, 0.15) is 16.9 Å². The number of nitrogen functional groups attached to an aromatic ring is 1. The third kappa shape index (κ3) is 3.00. The summed E-state index contributed by atoms with van der Waals surface area (Å²) in [6, 6.07) is 16.0. The van der Waals surface area contributed by atoms with Crippen LogP contribution in [0.4, 0.5) is 5.82 Å². The first-order valence-electron chi connectivity index (χ1n) is 10.6. The van der Waals surface area contributed by atoms with Crippen molar-refractivity contribution in [1.82, 2.24) is 19.9 Å². The molecule has 30 heavy (non-hydrogen) atoms. The van der Waals surface area contributed by atoms with Gasteiger partial charge >= 0.3 is 0 Å². The number of nitrogens with one attached hydrogen (secondary N) is 1. The van der Waals surface area contributed by atoms with Gasteiger partial charge in [0, 0.05) is 6.04 Å². The molecule has 2 aromatic carbocycles. The van der Waals surface area contributed by atoms with Crippen molar-refractivity contribution in [1.29, 1.82) is 0 Å². The quantitative estimate of drug-likeness (QED) is 0.533. The van der Waals surface area contributed by atoms with Crippen LogP contribution in [0.2, 0.25) is 0 Å². The highest BCUT2D eigenvalue weighted by molar-refractivity contribution is 6.11. The van der Waals surface area contributed by atoms with Gasteiger partial charge in [0.15, 0.2) is 5.65 Å². The molecule has 2 aromatic heterocycles. The van der Waals surface area contributed by atoms with Crippen molar-refractivity contribution in [2.45, 2.75) is 45.1 Å². The van der Waals surface area contributed by atoms with Crippen molar-refractivity contribution < 1.29 is 4.79 Å². The maximum Gasteiger partial charge on any atom is 0.257 e. The van der Waals surface area contributed by atoms with Crippen molar-refractivity contribution in [3.05, 3.63) is 59.7 Å². The molecule has 0 spiro atoms. The maximum atomic E-state index is 13.3. The predicted molar refractivity (Wildman–Crippen MR) is 120 cm³/mol. The normalized spacial score (nSPS) is 14.6. The Morgan fingerprint density at radius 1 is 1.07 bits per heavy atom. The van der Waals surface area contributed by atoms with E-state index in [1.807, 2.05) is 47.0 Å². The molecule has 1 aliphatic carbocycles. The van der Waals surface area contributed by atoms with Crippen LogP contribution in [0.3, 0.4) is 0 Å². The van der Waals surface area contributed by atoms with Gasteiger partial charge in [-0.25, -0.2) is 9.97 Å². The summed E-state index contributed by atoms with van der Waals surface area (Å²) in [5.74, 6) is 0.221. The van der Waals surface area contributed by atoms with Crippen LogP contribution < -0.4 is 11.1 Å². The first-order valence-corrected chi connectivity index (χ1v) is 10.6. The van der Waals surface area contributed by atoms with E-state index in [1.54, 1.807) is 0 Å². The summed E-state index contributed by atoms with van der Waals surface area (Å²) < 4.78 is 1.89. The molecule has 0 aliphatic heterocycles. The number of benzene rings is 2. The van der Waals surface area contributed by atoms with E-state index >= 15 is 0 Å². The Hall–Kier alpha value is -3.41. The van der Waals surface area contributed by atoms with Crippen molar-refractivity contribution in [3.63, 3.8) is 0 Å². The molecule has 1 fully saturated rings. The lowest BCUT2D eigenvalue weighted by Gasteiger charge is -2.13. The average molecular weight is 399 g/mol. The Morgan fingerprint density at radius 3 is 2.47 bits per heavy atom. The molecular formula is C24H25N5O. The monoisotopic (exact) mass is 399 g/mol. The van der Waals surface area contributed by atoms with Gasteiger partial charge in [-0.1, -0.05) is 50.1 Å². The number of carbonyl (C=O) groups is 1. The molecule has 2 heterocycles. The van der Waals surface area contributed by atoms with Gasteiger partial charge in [0.25, 0.3) is 5.91 Å². The number of aromatic nitrogens is 3. The third-order valence-electron chi connectivity index (χ3n) is 6.03. The molecule has 1 saturated carbocycles. The Kier molecular flexibility index (Phi) is 4.62. The largest absolute Gasteiger partial charge is 0.384 e. The number of hydrogen-bond donors (Lipinski definition) is 2. The fourth-order valence-electron chi connectivity index (χ4n) is 4.48. The van der Waals surface area contributed by atoms with Gasteiger partial charge in [-0.3, -0.25) is 9.36 Å². The molecule has 6 nitrogen and oxygen atoms in total. The number of hydrogen-bond acceptors (Lipinski definition) is 4. The van der Waals surface area contributed by atoms with Gasteiger partial charge in [0.05, 0.1) is 16.7 Å². The second kappa shape index (κ2) is 7.44. The SMILES string of the molecule is CCc1ccccc1-n1c(N)c(C(=O)NC2CCCC2)c2nc3ccccc3nc21. The van der Waals surface area contributed by atoms with Crippen molar-refractivity contribution in [3.8, 4) is 5.69 Å². The summed E-state index contributed by atoms with van der Waals surface area (Å²) in [5.41, 5.74) is 11.8. The summed E-state index contributed by atoms with van der Waals surface area (Å²) in [6.07, 6.45) is 5.17. The molecule has 0 bridgehead atoms. The van der Waals surface area contributed by atoms with Gasteiger partial charge in [-0.2, -0.15) is 0 Å². The van der Waals surface area contributed by atoms with Crippen molar-refractivity contribution >= 4 is 33.9 Å². The molecule has 4 aromatic rings. The van der Waals surface area contributed by atoms with Crippen LogP contribution in [-0.4, -0.2) is 26.5 Å². The van der Waals surface area contributed by atoms with E-state index in [-0.39, 0.29) is 11.9 Å². The number of fused-ring (bicyclic) bond motifs is 2. The summed E-state index contributed by atoms with van der Waals surface area (Å²) in [4.78, 5) is 23.0. The molecule has 1 amide bonds. The van der Waals surface area contributed by atoms with Crippen molar-refractivity contribution in [2.24, 2.45) is 0 Å². The van der Waals surface area contributed by atoms with E-state index in [1.165, 1.54) is 0 Å². The van der Waals surface area contributed by atoms with Crippen LogP contribution in [0.25, 0.3) is 27.9 Å². The zero-order valence-electron chi connectivity index (χ0n) is 17.1. The molecule has 3 N–H and O–H groups in total. The number of rotatable bonds is 4. The van der Waals surface area contributed by atoms with E-state index < -0.39 is 0 Å². The molecule has 0 unspecified atom stereocenters. The topological polar surface area (TPSA) is 85.8 Å². The molecule has 5 rings (SSSR count). The fraction of sp³-hybridized carbons (Fsp3) is 0.292. The predicted octanol–water partition coefficient (Wildman–Crippen LogP) is 4.39. The number of anilines is 1. The van der Waals surface area contributed by atoms with Gasteiger partial charge in [0.2, 0.25) is 0 Å². The smallest absolute Gasteiger partial charge is 0.257 e. The first-order chi connectivity index (χ1) is 14.7. The molecule has 0 radical (unpaired) electrons. The van der Waals surface area contributed by atoms with Crippen LogP contribution in [0.1, 0.15) is 48.5 Å². The number of aryl methyl sites for hydroxylation is 1. The van der Waals surface area contributed by atoms with Crippen LogP contribution in [-0.2, 0) is 6.42 Å². The highest BCUT2D eigenvalue weighted by Crippen LogP contribution is 2.32. The van der Waals surface area contributed by atoms with Crippen LogP contribution in [0, 0.1) is 0 Å². The van der Waals surface area contributed by atoms with E-state index in [9.17, 15) is 4.79 Å². The second-order valence-electron chi connectivity index (χ2n) is 7.92. The number of nitrogens with zero attached hydrogens (tertiary/aromatic N) is 3. The van der Waals surface area contributed by atoms with Gasteiger partial charge in [-0.15, -0.1) is 0 Å². The Morgan fingerprint density at radius 2 is 1.73 bits per heavy atom. The molecule has 0 atom stereocenters. The molecule has 6 heteroatoms. The van der Waals surface area contributed by atoms with E-state index in [2.05, 4.69) is 18.3 Å². The lowest BCUT2D eigenvalue weighted by atomic mass is 10.1. The summed E-state index contributed by atoms with van der Waals surface area (Å²) in [5, 5.41) is 3.17. The van der Waals surface area contributed by atoms with Gasteiger partial charge < -0.3 is 11.1 Å². The second-order valence-corrected chi connectivity index (χ2v) is 7.92. The fourth-order valence-corrected chi connectivity index (χ4v) is 4.48. The number of amides is 1. The minimum absolute atomic E-state index is 0.165. The number of nitrogens with two attached hydrogens (primary N) is 1. The van der Waals surface area contributed by atoms with E-state index in [0.717, 1.165) is 54.4 Å². The minimum Gasteiger partial charge on any atom is -0.384 e. The lowest BCUT2D eigenvalue weighted by molar-refractivity contribution is 0.0940. The van der Waals surface area contributed by atoms with E-state index in [0.29, 0.717) is 22.5 Å². The number of para-hydroxylation sites is 3. The first kappa shape index (κ1) is 18.6. The zero-order valence-corrected chi connectivity index (χ0v) is 17.1. The third-order valence-corrected chi connectivity index (χ3v) is 6.03. The lowest BCUT2D eigenvalue weighted by Crippen LogP contribution is -2.33. The summed E-state index contributed by atoms with van der Waals surface area (Å²) >= 11 is 0. The van der Waals surface area contributed by atoms with Crippen LogP contribution in [0.15, 0.2) is 48.5 Å². The molecule has 0 saturated heterocycles. The minimum atomic E-state index is -0.165. The maximum absolute atomic E-state index is 13.3. The van der Waals surface area contributed by atoms with E-state index in [4.69, 9.17) is 15.7 Å². The Balaban J connectivity index is 1.77.